The molecule has 4 aromatic rings. The number of imidazole rings is 1. The van der Waals surface area contributed by atoms with Gasteiger partial charge in [0.25, 0.3) is 5.91 Å². The minimum atomic E-state index is 0.0804. The van der Waals surface area contributed by atoms with E-state index in [1.807, 2.05) is 47.4 Å². The summed E-state index contributed by atoms with van der Waals surface area (Å²) in [7, 11) is 0. The smallest absolute Gasteiger partial charge is 0.253 e. The number of unbranched alkanes of at least 4 members (excludes halogenated alkanes) is 1. The molecule has 1 aliphatic heterocycles. The van der Waals surface area contributed by atoms with Crippen LogP contribution in [0.25, 0.3) is 21.9 Å². The van der Waals surface area contributed by atoms with Crippen molar-refractivity contribution in [3.8, 4) is 0 Å². The molecule has 1 fully saturated rings. The van der Waals surface area contributed by atoms with Crippen LogP contribution in [-0.4, -0.2) is 44.2 Å². The second-order valence-electron chi connectivity index (χ2n) is 9.57. The van der Waals surface area contributed by atoms with Gasteiger partial charge in [-0.1, -0.05) is 34.1 Å². The Morgan fingerprint density at radius 1 is 1.06 bits per heavy atom. The predicted octanol–water partition coefficient (Wildman–Crippen LogP) is 5.71. The minimum absolute atomic E-state index is 0.0804. The summed E-state index contributed by atoms with van der Waals surface area (Å²) in [4.78, 5) is 36.0. The molecule has 2 aromatic carbocycles. The van der Waals surface area contributed by atoms with E-state index in [2.05, 4.69) is 31.5 Å². The summed E-state index contributed by atoms with van der Waals surface area (Å²) in [6.45, 7) is 3.78. The van der Waals surface area contributed by atoms with Crippen LogP contribution in [0, 0.1) is 0 Å². The van der Waals surface area contributed by atoms with Crippen LogP contribution >= 0.6 is 15.9 Å². The number of amides is 1. The Kier molecular flexibility index (Phi) is 7.05. The molecule has 1 amide bonds. The number of anilines is 1. The molecule has 1 aliphatic rings. The van der Waals surface area contributed by atoms with Gasteiger partial charge in [0.1, 0.15) is 17.1 Å². The van der Waals surface area contributed by atoms with E-state index in [4.69, 9.17) is 10.7 Å². The van der Waals surface area contributed by atoms with Crippen molar-refractivity contribution < 1.29 is 9.59 Å². The number of nitrogens with two attached hydrogens (primary N) is 1. The Balaban J connectivity index is 1.47. The molecular weight excluding hydrogens is 518 g/mol. The summed E-state index contributed by atoms with van der Waals surface area (Å²) < 4.78 is 3.24. The number of halogens is 1. The number of Topliss-reactive ketones (excluding diaryl/α,β-unsaturated/α-hetero) is 1. The van der Waals surface area contributed by atoms with Crippen LogP contribution in [0.4, 0.5) is 5.82 Å². The van der Waals surface area contributed by atoms with Gasteiger partial charge in [-0.3, -0.25) is 4.79 Å². The lowest BCUT2D eigenvalue weighted by Gasteiger charge is -2.32. The number of piperidine rings is 1. The van der Waals surface area contributed by atoms with Crippen molar-refractivity contribution in [3.05, 3.63) is 64.4 Å². The van der Waals surface area contributed by atoms with Crippen molar-refractivity contribution in [2.24, 2.45) is 0 Å². The number of nitrogens with zero attached hydrogens (tertiary/aromatic N) is 4. The highest BCUT2D eigenvalue weighted by Crippen LogP contribution is 2.36. The molecule has 0 unspecified atom stereocenters. The van der Waals surface area contributed by atoms with Gasteiger partial charge in [0.05, 0.1) is 11.0 Å². The summed E-state index contributed by atoms with van der Waals surface area (Å²) in [5.41, 5.74) is 9.70. The second kappa shape index (κ2) is 10.4. The molecule has 3 heterocycles. The molecule has 2 N–H and O–H groups in total. The van der Waals surface area contributed by atoms with E-state index in [-0.39, 0.29) is 17.6 Å². The Morgan fingerprint density at radius 2 is 1.81 bits per heavy atom. The third kappa shape index (κ3) is 4.87. The van der Waals surface area contributed by atoms with Crippen molar-refractivity contribution in [2.75, 3.05) is 18.8 Å². The fourth-order valence-corrected chi connectivity index (χ4v) is 5.54. The summed E-state index contributed by atoms with van der Waals surface area (Å²) in [5, 5.41) is 1.02. The molecular formula is C28H30BrN5O2. The average Bonchev–Trinajstić information content (AvgIpc) is 3.27. The SMILES string of the molecule is CC(=O)CCCCn1c(C2CCN(C(=O)c3ccccc3)CC2)nc2c(N)nc3cc(Br)ccc3c21. The number of fused-ring (bicyclic) bond motifs is 3. The highest BCUT2D eigenvalue weighted by Gasteiger charge is 2.29. The molecule has 1 saturated heterocycles. The number of ketones is 1. The van der Waals surface area contributed by atoms with Crippen molar-refractivity contribution in [3.63, 3.8) is 0 Å². The van der Waals surface area contributed by atoms with Crippen LogP contribution in [0.1, 0.15) is 61.1 Å². The van der Waals surface area contributed by atoms with E-state index < -0.39 is 0 Å². The van der Waals surface area contributed by atoms with Gasteiger partial charge < -0.3 is 20.0 Å². The summed E-state index contributed by atoms with van der Waals surface area (Å²) in [6.07, 6.45) is 3.98. The Labute approximate surface area is 218 Å². The molecule has 7 nitrogen and oxygen atoms in total. The zero-order valence-electron chi connectivity index (χ0n) is 20.4. The standard InChI is InChI=1S/C28H30BrN5O2/c1-18(35)7-5-6-14-34-25-22-11-10-21(29)17-23(22)31-26(30)24(25)32-27(34)19-12-15-33(16-13-19)28(36)20-8-3-2-4-9-20/h2-4,8-11,17,19H,5-7,12-16H2,1H3,(H2,30,31). The lowest BCUT2D eigenvalue weighted by Crippen LogP contribution is -2.38. The van der Waals surface area contributed by atoms with E-state index in [1.165, 1.54) is 0 Å². The second-order valence-corrected chi connectivity index (χ2v) is 10.5. The number of hydrogen-bond donors (Lipinski definition) is 1. The maximum atomic E-state index is 12.9. The van der Waals surface area contributed by atoms with E-state index in [0.717, 1.165) is 70.0 Å². The Hall–Kier alpha value is -3.26. The summed E-state index contributed by atoms with van der Waals surface area (Å²) in [5.74, 6) is 1.94. The number of aryl methyl sites for hydroxylation is 1. The minimum Gasteiger partial charge on any atom is -0.382 e. The predicted molar refractivity (Wildman–Crippen MR) is 146 cm³/mol. The van der Waals surface area contributed by atoms with Gasteiger partial charge in [-0.05, 0) is 62.9 Å². The number of hydrogen-bond acceptors (Lipinski definition) is 5. The number of benzene rings is 2. The first-order valence-electron chi connectivity index (χ1n) is 12.5. The fourth-order valence-electron chi connectivity index (χ4n) is 5.19. The van der Waals surface area contributed by atoms with Crippen LogP contribution in [0.15, 0.2) is 53.0 Å². The van der Waals surface area contributed by atoms with Gasteiger partial charge >= 0.3 is 0 Å². The maximum Gasteiger partial charge on any atom is 0.253 e. The zero-order valence-corrected chi connectivity index (χ0v) is 22.0. The van der Waals surface area contributed by atoms with E-state index >= 15 is 0 Å². The van der Waals surface area contributed by atoms with Crippen LogP contribution in [-0.2, 0) is 11.3 Å². The summed E-state index contributed by atoms with van der Waals surface area (Å²) >= 11 is 3.54. The number of nitrogen functional groups attached to an aromatic ring is 1. The largest absolute Gasteiger partial charge is 0.382 e. The topological polar surface area (TPSA) is 94.1 Å². The van der Waals surface area contributed by atoms with Gasteiger partial charge in [-0.2, -0.15) is 0 Å². The Bertz CT molecular complexity index is 1420. The van der Waals surface area contributed by atoms with Gasteiger partial charge in [-0.15, -0.1) is 0 Å². The van der Waals surface area contributed by atoms with Gasteiger partial charge in [-0.25, -0.2) is 9.97 Å². The number of pyridine rings is 1. The molecule has 36 heavy (non-hydrogen) atoms. The quantitative estimate of drug-likeness (QED) is 0.299. The molecule has 2 aromatic heterocycles. The number of carbonyl (C=O) groups is 2. The highest BCUT2D eigenvalue weighted by atomic mass is 79.9. The van der Waals surface area contributed by atoms with Crippen molar-refractivity contribution in [1.82, 2.24) is 19.4 Å². The number of likely N-dealkylation sites (tertiary alicyclic amines) is 1. The zero-order chi connectivity index (χ0) is 25.2. The third-order valence-corrected chi connectivity index (χ3v) is 7.52. The molecule has 0 spiro atoms. The van der Waals surface area contributed by atoms with Crippen LogP contribution in [0.2, 0.25) is 0 Å². The molecule has 0 atom stereocenters. The molecule has 5 rings (SSSR count). The highest BCUT2D eigenvalue weighted by molar-refractivity contribution is 9.10. The number of carbonyl (C=O) groups excluding carboxylic acids is 2. The lowest BCUT2D eigenvalue weighted by atomic mass is 9.95. The monoisotopic (exact) mass is 547 g/mol. The molecule has 0 saturated carbocycles. The van der Waals surface area contributed by atoms with Crippen molar-refractivity contribution >= 4 is 55.4 Å². The molecule has 0 radical (unpaired) electrons. The van der Waals surface area contributed by atoms with E-state index in [9.17, 15) is 9.59 Å². The normalized spacial score (nSPS) is 14.6. The molecule has 0 bridgehead atoms. The molecule has 8 heteroatoms. The van der Waals surface area contributed by atoms with Gasteiger partial charge in [0.2, 0.25) is 0 Å². The first kappa shape index (κ1) is 24.4. The molecule has 186 valence electrons. The van der Waals surface area contributed by atoms with E-state index in [0.29, 0.717) is 25.3 Å². The van der Waals surface area contributed by atoms with Crippen LogP contribution in [0.3, 0.4) is 0 Å². The molecule has 0 aliphatic carbocycles. The van der Waals surface area contributed by atoms with Crippen LogP contribution < -0.4 is 5.73 Å². The number of rotatable bonds is 7. The van der Waals surface area contributed by atoms with Crippen molar-refractivity contribution in [1.29, 1.82) is 0 Å². The third-order valence-electron chi connectivity index (χ3n) is 7.02. The average molecular weight is 548 g/mol. The fraction of sp³-hybridized carbons (Fsp3) is 0.357. The summed E-state index contributed by atoms with van der Waals surface area (Å²) in [6, 6.07) is 15.5. The van der Waals surface area contributed by atoms with Crippen molar-refractivity contribution in [2.45, 2.75) is 51.5 Å². The Morgan fingerprint density at radius 3 is 2.53 bits per heavy atom. The van der Waals surface area contributed by atoms with Gasteiger partial charge in [0.15, 0.2) is 5.82 Å². The lowest BCUT2D eigenvalue weighted by molar-refractivity contribution is -0.117. The van der Waals surface area contributed by atoms with Gasteiger partial charge in [0, 0.05) is 47.4 Å². The maximum absolute atomic E-state index is 12.9. The van der Waals surface area contributed by atoms with E-state index in [1.54, 1.807) is 6.92 Å². The van der Waals surface area contributed by atoms with Crippen LogP contribution in [0.5, 0.6) is 0 Å². The first-order chi connectivity index (χ1) is 17.4. The number of aromatic nitrogens is 3. The first-order valence-corrected chi connectivity index (χ1v) is 13.3.